The first-order valence-electron chi connectivity index (χ1n) is 9.01. The lowest BCUT2D eigenvalue weighted by Gasteiger charge is -2.10. The number of nitrogens with zero attached hydrogens (tertiary/aromatic N) is 5. The zero-order valence-corrected chi connectivity index (χ0v) is 17.9. The molecule has 3 rings (SSSR count). The van der Waals surface area contributed by atoms with Crippen molar-refractivity contribution in [1.82, 2.24) is 19.6 Å². The van der Waals surface area contributed by atoms with Crippen LogP contribution in [-0.2, 0) is 17.9 Å². The molecule has 2 heterocycles. The Morgan fingerprint density at radius 1 is 1.28 bits per heavy atom. The molecule has 1 aromatic carbocycles. The smallest absolute Gasteiger partial charge is 0.358 e. The molecule has 0 aliphatic heterocycles. The number of nitrogens with one attached hydrogen (secondary N) is 1. The van der Waals surface area contributed by atoms with Crippen LogP contribution in [0.2, 0.25) is 0 Å². The summed E-state index contributed by atoms with van der Waals surface area (Å²) >= 11 is 3.43. The fraction of sp³-hybridized carbons (Fsp3) is 0.316. The van der Waals surface area contributed by atoms with Gasteiger partial charge >= 0.3 is 5.82 Å². The molecule has 0 radical (unpaired) electrons. The third-order valence-electron chi connectivity index (χ3n) is 4.47. The minimum absolute atomic E-state index is 0.229. The lowest BCUT2D eigenvalue weighted by Crippen LogP contribution is -2.25. The number of aromatic nitrogens is 4. The quantitative estimate of drug-likeness (QED) is 0.427. The van der Waals surface area contributed by atoms with Gasteiger partial charge in [0.25, 0.3) is 0 Å². The van der Waals surface area contributed by atoms with E-state index in [-0.39, 0.29) is 18.3 Å². The average Bonchev–Trinajstić information content (AvgIpc) is 3.19. The Kier molecular flexibility index (Phi) is 6.12. The van der Waals surface area contributed by atoms with Crippen molar-refractivity contribution in [3.8, 4) is 0 Å². The van der Waals surface area contributed by atoms with Gasteiger partial charge in [0, 0.05) is 6.20 Å². The first-order chi connectivity index (χ1) is 13.7. The molecule has 0 spiro atoms. The Bertz CT molecular complexity index is 1040. The monoisotopic (exact) mass is 460 g/mol. The highest BCUT2D eigenvalue weighted by atomic mass is 79.9. The SMILES string of the molecule is Cc1ccc(Cn2cc(Br)c(NC(=O)C(C)Cn3nc([N+](=O)[O-])cc3C)n2)cc1. The second-order valence-corrected chi connectivity index (χ2v) is 7.84. The van der Waals surface area contributed by atoms with E-state index >= 15 is 0 Å². The Hall–Kier alpha value is -3.01. The summed E-state index contributed by atoms with van der Waals surface area (Å²) in [6.07, 6.45) is 1.81. The first kappa shape index (κ1) is 20.7. The molecular weight excluding hydrogens is 440 g/mol. The Balaban J connectivity index is 1.64. The van der Waals surface area contributed by atoms with Crippen LogP contribution < -0.4 is 5.32 Å². The molecule has 0 aliphatic carbocycles. The second kappa shape index (κ2) is 8.56. The van der Waals surface area contributed by atoms with E-state index in [1.54, 1.807) is 24.7 Å². The van der Waals surface area contributed by atoms with E-state index in [9.17, 15) is 14.9 Å². The van der Waals surface area contributed by atoms with Crippen LogP contribution in [0.1, 0.15) is 23.7 Å². The van der Waals surface area contributed by atoms with Crippen LogP contribution in [-0.4, -0.2) is 30.4 Å². The maximum absolute atomic E-state index is 12.6. The highest BCUT2D eigenvalue weighted by molar-refractivity contribution is 9.10. The number of carbonyl (C=O) groups is 1. The molecule has 0 bridgehead atoms. The van der Waals surface area contributed by atoms with Gasteiger partial charge in [-0.05, 0) is 40.3 Å². The van der Waals surface area contributed by atoms with Crippen molar-refractivity contribution in [3.63, 3.8) is 0 Å². The fourth-order valence-electron chi connectivity index (χ4n) is 2.79. The van der Waals surface area contributed by atoms with Crippen LogP contribution in [0.5, 0.6) is 0 Å². The largest absolute Gasteiger partial charge is 0.390 e. The van der Waals surface area contributed by atoms with Crippen molar-refractivity contribution in [1.29, 1.82) is 0 Å². The van der Waals surface area contributed by atoms with Gasteiger partial charge in [-0.1, -0.05) is 36.8 Å². The van der Waals surface area contributed by atoms with E-state index in [4.69, 9.17) is 0 Å². The van der Waals surface area contributed by atoms with Crippen LogP contribution in [0.25, 0.3) is 0 Å². The van der Waals surface area contributed by atoms with Crippen LogP contribution in [0.3, 0.4) is 0 Å². The fourth-order valence-corrected chi connectivity index (χ4v) is 3.21. The van der Waals surface area contributed by atoms with Gasteiger partial charge in [-0.25, -0.2) is 0 Å². The summed E-state index contributed by atoms with van der Waals surface area (Å²) in [5, 5.41) is 22.0. The van der Waals surface area contributed by atoms with Crippen LogP contribution >= 0.6 is 15.9 Å². The zero-order chi connectivity index (χ0) is 21.1. The highest BCUT2D eigenvalue weighted by Crippen LogP contribution is 2.22. The molecular formula is C19H21BrN6O3. The number of aryl methyl sites for hydroxylation is 2. The summed E-state index contributed by atoms with van der Waals surface area (Å²) in [5.41, 5.74) is 2.92. The van der Waals surface area contributed by atoms with Crippen molar-refractivity contribution in [2.75, 3.05) is 5.32 Å². The summed E-state index contributed by atoms with van der Waals surface area (Å²) in [6.45, 7) is 6.30. The summed E-state index contributed by atoms with van der Waals surface area (Å²) in [7, 11) is 0. The molecule has 0 fully saturated rings. The number of carbonyl (C=O) groups excluding carboxylic acids is 1. The number of anilines is 1. The van der Waals surface area contributed by atoms with Gasteiger partial charge in [-0.3, -0.25) is 9.48 Å². The molecule has 3 aromatic rings. The third kappa shape index (κ3) is 5.08. The number of halogens is 1. The van der Waals surface area contributed by atoms with Crippen LogP contribution in [0.4, 0.5) is 11.6 Å². The molecule has 1 N–H and O–H groups in total. The highest BCUT2D eigenvalue weighted by Gasteiger charge is 2.22. The summed E-state index contributed by atoms with van der Waals surface area (Å²) in [5.74, 6) is -0.504. The predicted octanol–water partition coefficient (Wildman–Crippen LogP) is 3.69. The molecule has 10 heteroatoms. The van der Waals surface area contributed by atoms with Gasteiger partial charge in [0.1, 0.15) is 0 Å². The summed E-state index contributed by atoms with van der Waals surface area (Å²) in [4.78, 5) is 22.9. The van der Waals surface area contributed by atoms with E-state index in [1.165, 1.54) is 16.3 Å². The molecule has 1 unspecified atom stereocenters. The first-order valence-corrected chi connectivity index (χ1v) is 9.80. The van der Waals surface area contributed by atoms with E-state index < -0.39 is 10.8 Å². The molecule has 29 heavy (non-hydrogen) atoms. The molecule has 1 amide bonds. The topological polar surface area (TPSA) is 108 Å². The lowest BCUT2D eigenvalue weighted by atomic mass is 10.1. The normalized spacial score (nSPS) is 12.0. The maximum atomic E-state index is 12.6. The molecule has 0 saturated carbocycles. The van der Waals surface area contributed by atoms with Gasteiger partial charge in [0.05, 0.1) is 40.3 Å². The van der Waals surface area contributed by atoms with Gasteiger partial charge in [-0.15, -0.1) is 0 Å². The zero-order valence-electron chi connectivity index (χ0n) is 16.3. The van der Waals surface area contributed by atoms with Crippen molar-refractivity contribution in [3.05, 3.63) is 67.9 Å². The molecule has 152 valence electrons. The van der Waals surface area contributed by atoms with E-state index in [0.717, 1.165) is 5.56 Å². The number of rotatable bonds is 7. The maximum Gasteiger partial charge on any atom is 0.390 e. The molecule has 0 aliphatic rings. The summed E-state index contributed by atoms with van der Waals surface area (Å²) < 4.78 is 3.89. The summed E-state index contributed by atoms with van der Waals surface area (Å²) in [6, 6.07) is 9.54. The number of nitro groups is 1. The predicted molar refractivity (Wildman–Crippen MR) is 112 cm³/mol. The number of amides is 1. The van der Waals surface area contributed by atoms with Gasteiger partial charge in [0.15, 0.2) is 5.82 Å². The van der Waals surface area contributed by atoms with E-state index in [1.807, 2.05) is 31.2 Å². The van der Waals surface area contributed by atoms with Crippen LogP contribution in [0, 0.1) is 29.9 Å². The standard InChI is InChI=1S/C19H21BrN6O3/c1-12-4-6-15(7-5-12)10-24-11-16(20)18(23-24)21-19(27)13(2)9-25-14(3)8-17(22-25)26(28)29/h4-8,11,13H,9-10H2,1-3H3,(H,21,23,27). The minimum Gasteiger partial charge on any atom is -0.358 e. The van der Waals surface area contributed by atoms with Crippen molar-refractivity contribution in [2.24, 2.45) is 5.92 Å². The Morgan fingerprint density at radius 3 is 2.59 bits per heavy atom. The number of hydrogen-bond donors (Lipinski definition) is 1. The Morgan fingerprint density at radius 2 is 1.97 bits per heavy atom. The van der Waals surface area contributed by atoms with Gasteiger partial charge < -0.3 is 15.4 Å². The number of benzene rings is 1. The van der Waals surface area contributed by atoms with Gasteiger partial charge in [0.2, 0.25) is 5.91 Å². The minimum atomic E-state index is -0.550. The molecule has 1 atom stereocenters. The van der Waals surface area contributed by atoms with E-state index in [2.05, 4.69) is 31.4 Å². The van der Waals surface area contributed by atoms with Crippen molar-refractivity contribution in [2.45, 2.75) is 33.9 Å². The van der Waals surface area contributed by atoms with Crippen molar-refractivity contribution >= 4 is 33.5 Å². The van der Waals surface area contributed by atoms with Crippen molar-refractivity contribution < 1.29 is 9.72 Å². The molecule has 9 nitrogen and oxygen atoms in total. The second-order valence-electron chi connectivity index (χ2n) is 6.98. The van der Waals surface area contributed by atoms with Gasteiger partial charge in [-0.2, -0.15) is 9.78 Å². The lowest BCUT2D eigenvalue weighted by molar-refractivity contribution is -0.389. The molecule has 2 aromatic heterocycles. The molecule has 0 saturated heterocycles. The average molecular weight is 461 g/mol. The third-order valence-corrected chi connectivity index (χ3v) is 5.05. The Labute approximate surface area is 176 Å². The van der Waals surface area contributed by atoms with E-state index in [0.29, 0.717) is 22.5 Å². The number of hydrogen-bond acceptors (Lipinski definition) is 5. The van der Waals surface area contributed by atoms with Crippen LogP contribution in [0.15, 0.2) is 41.0 Å².